The van der Waals surface area contributed by atoms with Crippen LogP contribution in [-0.2, 0) is 19.4 Å². The molecule has 0 fully saturated rings. The van der Waals surface area contributed by atoms with Gasteiger partial charge in [0.2, 0.25) is 0 Å². The maximum Gasteiger partial charge on any atom is 0.254 e. The minimum atomic E-state index is 0.132. The summed E-state index contributed by atoms with van der Waals surface area (Å²) in [6, 6.07) is 26.2. The molecule has 0 saturated carbocycles. The van der Waals surface area contributed by atoms with Crippen LogP contribution in [0.2, 0.25) is 0 Å². The summed E-state index contributed by atoms with van der Waals surface area (Å²) in [6.07, 6.45) is 13.2. The second-order valence-electron chi connectivity index (χ2n) is 11.9. The number of nitrogens with zero attached hydrogens (tertiary/aromatic N) is 2. The van der Waals surface area contributed by atoms with Crippen molar-refractivity contribution in [3.63, 3.8) is 0 Å². The lowest BCUT2D eigenvalue weighted by atomic mass is 10.0. The molecule has 3 aromatic rings. The lowest BCUT2D eigenvalue weighted by Crippen LogP contribution is -2.39. The van der Waals surface area contributed by atoms with E-state index >= 15 is 0 Å². The Hall–Kier alpha value is -2.91. The zero-order valence-electron chi connectivity index (χ0n) is 27.0. The van der Waals surface area contributed by atoms with Crippen molar-refractivity contribution in [2.75, 3.05) is 26.2 Å². The lowest BCUT2D eigenvalue weighted by molar-refractivity contribution is 0.0720. The van der Waals surface area contributed by atoms with E-state index in [1.165, 1.54) is 85.6 Å². The molecule has 0 unspecified atom stereocenters. The Bertz CT molecular complexity index is 1130. The lowest BCUT2D eigenvalue weighted by Gasteiger charge is -2.28. The van der Waals surface area contributed by atoms with Crippen molar-refractivity contribution in [2.45, 2.75) is 105 Å². The minimum Gasteiger partial charge on any atom is -0.333 e. The van der Waals surface area contributed by atoms with Crippen LogP contribution in [0, 0.1) is 0 Å². The normalized spacial score (nSPS) is 11.3. The highest BCUT2D eigenvalue weighted by Gasteiger charge is 2.18. The van der Waals surface area contributed by atoms with Gasteiger partial charge in [0.25, 0.3) is 5.91 Å². The minimum absolute atomic E-state index is 0.132. The van der Waals surface area contributed by atoms with Crippen LogP contribution in [-0.4, -0.2) is 41.9 Å². The molecule has 0 saturated heterocycles. The van der Waals surface area contributed by atoms with Crippen LogP contribution in [0.3, 0.4) is 0 Å². The Morgan fingerprint density at radius 3 is 1.50 bits per heavy atom. The third-order valence-electron chi connectivity index (χ3n) is 8.33. The second-order valence-corrected chi connectivity index (χ2v) is 11.9. The van der Waals surface area contributed by atoms with Crippen molar-refractivity contribution in [3.8, 4) is 11.1 Å². The van der Waals surface area contributed by atoms with E-state index in [4.69, 9.17) is 0 Å². The van der Waals surface area contributed by atoms with E-state index in [1.54, 1.807) is 0 Å². The monoisotopic (exact) mass is 568 g/mol. The first-order valence-corrected chi connectivity index (χ1v) is 16.9. The largest absolute Gasteiger partial charge is 0.333 e. The zero-order valence-corrected chi connectivity index (χ0v) is 27.0. The van der Waals surface area contributed by atoms with Crippen LogP contribution < -0.4 is 0 Å². The van der Waals surface area contributed by atoms with E-state index in [-0.39, 0.29) is 5.91 Å². The number of benzene rings is 3. The van der Waals surface area contributed by atoms with E-state index in [9.17, 15) is 4.79 Å². The summed E-state index contributed by atoms with van der Waals surface area (Å²) in [4.78, 5) is 18.5. The summed E-state index contributed by atoms with van der Waals surface area (Å²) < 4.78 is 0. The topological polar surface area (TPSA) is 23.6 Å². The summed E-state index contributed by atoms with van der Waals surface area (Å²) in [7, 11) is 0. The second kappa shape index (κ2) is 19.3. The molecule has 0 N–H and O–H groups in total. The smallest absolute Gasteiger partial charge is 0.254 e. The fourth-order valence-corrected chi connectivity index (χ4v) is 5.46. The van der Waals surface area contributed by atoms with Crippen molar-refractivity contribution in [1.82, 2.24) is 9.80 Å². The van der Waals surface area contributed by atoms with E-state index in [0.717, 1.165) is 44.6 Å². The van der Waals surface area contributed by atoms with Crippen molar-refractivity contribution in [2.24, 2.45) is 0 Å². The number of hydrogen-bond donors (Lipinski definition) is 0. The maximum atomic E-state index is 13.9. The van der Waals surface area contributed by atoms with E-state index in [1.807, 2.05) is 12.1 Å². The van der Waals surface area contributed by atoms with E-state index in [0.29, 0.717) is 6.54 Å². The van der Waals surface area contributed by atoms with Gasteiger partial charge in [-0.3, -0.25) is 4.79 Å². The van der Waals surface area contributed by atoms with Crippen molar-refractivity contribution < 1.29 is 4.79 Å². The number of carbonyl (C=O) groups is 1. The van der Waals surface area contributed by atoms with Gasteiger partial charge in [-0.25, -0.2) is 0 Å². The molecule has 0 aromatic heterocycles. The number of unbranched alkanes of at least 4 members (excludes halogenated alkanes) is 5. The van der Waals surface area contributed by atoms with Crippen LogP contribution in [0.5, 0.6) is 0 Å². The average Bonchev–Trinajstić information content (AvgIpc) is 3.03. The number of hydrogen-bond acceptors (Lipinski definition) is 2. The molecule has 0 aliphatic heterocycles. The van der Waals surface area contributed by atoms with Gasteiger partial charge in [-0.15, -0.1) is 0 Å². The van der Waals surface area contributed by atoms with Gasteiger partial charge in [-0.05, 0) is 91.6 Å². The molecule has 0 spiro atoms. The molecule has 3 aromatic carbocycles. The number of rotatable bonds is 20. The van der Waals surface area contributed by atoms with Gasteiger partial charge in [0.1, 0.15) is 0 Å². The highest BCUT2D eigenvalue weighted by Crippen LogP contribution is 2.22. The molecular formula is C39H56N2O. The van der Waals surface area contributed by atoms with E-state index in [2.05, 4.69) is 98.2 Å². The van der Waals surface area contributed by atoms with Gasteiger partial charge < -0.3 is 9.80 Å². The molecule has 3 rings (SSSR count). The first-order chi connectivity index (χ1) is 20.6. The van der Waals surface area contributed by atoms with Gasteiger partial charge >= 0.3 is 0 Å². The predicted molar refractivity (Wildman–Crippen MR) is 181 cm³/mol. The maximum absolute atomic E-state index is 13.9. The van der Waals surface area contributed by atoms with Gasteiger partial charge in [0, 0.05) is 25.2 Å². The molecule has 0 aliphatic rings. The average molecular weight is 569 g/mol. The zero-order chi connectivity index (χ0) is 30.0. The fraction of sp³-hybridized carbons (Fsp3) is 0.513. The predicted octanol–water partition coefficient (Wildman–Crippen LogP) is 9.97. The Balaban J connectivity index is 1.73. The van der Waals surface area contributed by atoms with Gasteiger partial charge in [-0.1, -0.05) is 120 Å². The SMILES string of the molecule is CCCCCc1ccc(C(=O)N(CCN(CCCC)CCCC)Cc2ccc(-c3ccc(CCCC)cc3)cc2)cc1. The van der Waals surface area contributed by atoms with Crippen LogP contribution in [0.4, 0.5) is 0 Å². The first-order valence-electron chi connectivity index (χ1n) is 16.9. The third-order valence-corrected chi connectivity index (χ3v) is 8.33. The van der Waals surface area contributed by atoms with Crippen LogP contribution >= 0.6 is 0 Å². The fourth-order valence-electron chi connectivity index (χ4n) is 5.46. The standard InChI is InChI=1S/C39H56N2O/c1-5-9-13-15-34-18-26-38(27-19-34)39(42)41(31-30-40(28-11-7-3)29-12-8-4)32-35-20-24-37(25-21-35)36-22-16-33(17-23-36)14-10-6-2/h16-27H,5-15,28-32H2,1-4H3. The van der Waals surface area contributed by atoms with Crippen molar-refractivity contribution in [3.05, 3.63) is 95.1 Å². The van der Waals surface area contributed by atoms with Gasteiger partial charge in [0.15, 0.2) is 0 Å². The number of amides is 1. The molecule has 42 heavy (non-hydrogen) atoms. The highest BCUT2D eigenvalue weighted by molar-refractivity contribution is 5.94. The number of carbonyl (C=O) groups excluding carboxylic acids is 1. The molecule has 228 valence electrons. The quantitative estimate of drug-likeness (QED) is 0.127. The first kappa shape index (κ1) is 33.6. The molecule has 3 nitrogen and oxygen atoms in total. The number of aryl methyl sites for hydroxylation is 2. The molecule has 0 bridgehead atoms. The van der Waals surface area contributed by atoms with Crippen molar-refractivity contribution >= 4 is 5.91 Å². The van der Waals surface area contributed by atoms with Gasteiger partial charge in [-0.2, -0.15) is 0 Å². The molecular weight excluding hydrogens is 512 g/mol. The Kier molecular flexibility index (Phi) is 15.4. The molecule has 1 amide bonds. The summed E-state index contributed by atoms with van der Waals surface area (Å²) in [6.45, 7) is 13.5. The van der Waals surface area contributed by atoms with Gasteiger partial charge in [0.05, 0.1) is 0 Å². The molecule has 0 radical (unpaired) electrons. The summed E-state index contributed by atoms with van der Waals surface area (Å²) in [5, 5.41) is 0. The summed E-state index contributed by atoms with van der Waals surface area (Å²) in [5.74, 6) is 0.132. The molecule has 0 aliphatic carbocycles. The Labute approximate surface area is 257 Å². The van der Waals surface area contributed by atoms with Crippen LogP contribution in [0.15, 0.2) is 72.8 Å². The van der Waals surface area contributed by atoms with E-state index < -0.39 is 0 Å². The van der Waals surface area contributed by atoms with Crippen molar-refractivity contribution in [1.29, 1.82) is 0 Å². The molecule has 3 heteroatoms. The summed E-state index contributed by atoms with van der Waals surface area (Å²) in [5.41, 5.74) is 7.18. The summed E-state index contributed by atoms with van der Waals surface area (Å²) >= 11 is 0. The highest BCUT2D eigenvalue weighted by atomic mass is 16.2. The third kappa shape index (κ3) is 11.4. The molecule has 0 heterocycles. The Morgan fingerprint density at radius 1 is 0.500 bits per heavy atom. The van der Waals surface area contributed by atoms with Crippen LogP contribution in [0.1, 0.15) is 113 Å². The van der Waals surface area contributed by atoms with Crippen LogP contribution in [0.25, 0.3) is 11.1 Å². The molecule has 0 atom stereocenters. The Morgan fingerprint density at radius 2 is 0.976 bits per heavy atom.